The third-order valence-electron chi connectivity index (χ3n) is 4.70. The van der Waals surface area contributed by atoms with Crippen molar-refractivity contribution in [2.75, 3.05) is 13.1 Å². The number of amides is 1. The molecule has 1 unspecified atom stereocenters. The Morgan fingerprint density at radius 3 is 2.56 bits per heavy atom. The van der Waals surface area contributed by atoms with Gasteiger partial charge in [-0.1, -0.05) is 12.8 Å². The molecule has 2 aliphatic rings. The zero-order valence-corrected chi connectivity index (χ0v) is 11.7. The molecule has 1 saturated heterocycles. The maximum absolute atomic E-state index is 11.8. The molecule has 3 N–H and O–H groups in total. The van der Waals surface area contributed by atoms with Gasteiger partial charge in [0.2, 0.25) is 5.91 Å². The van der Waals surface area contributed by atoms with E-state index in [0.29, 0.717) is 6.04 Å². The highest BCUT2D eigenvalue weighted by Gasteiger charge is 2.38. The van der Waals surface area contributed by atoms with Crippen molar-refractivity contribution in [3.05, 3.63) is 0 Å². The highest BCUT2D eigenvalue weighted by molar-refractivity contribution is 5.81. The van der Waals surface area contributed by atoms with Crippen LogP contribution in [0.3, 0.4) is 0 Å². The minimum absolute atomic E-state index is 0.0560. The highest BCUT2D eigenvalue weighted by atomic mass is 16.2. The van der Waals surface area contributed by atoms with Crippen LogP contribution in [0.1, 0.15) is 52.4 Å². The predicted octanol–water partition coefficient (Wildman–Crippen LogP) is 1.66. The smallest absolute Gasteiger partial charge is 0.240 e. The summed E-state index contributed by atoms with van der Waals surface area (Å²) in [5, 5.41) is 0. The van der Waals surface area contributed by atoms with Gasteiger partial charge in [0.1, 0.15) is 0 Å². The number of hydrazine groups is 1. The molecule has 4 nitrogen and oxygen atoms in total. The fourth-order valence-electron chi connectivity index (χ4n) is 3.70. The van der Waals surface area contributed by atoms with Gasteiger partial charge in [-0.25, -0.2) is 5.84 Å². The molecule has 1 saturated carbocycles. The highest BCUT2D eigenvalue weighted by Crippen LogP contribution is 2.36. The third-order valence-corrected chi connectivity index (χ3v) is 4.70. The fourth-order valence-corrected chi connectivity index (χ4v) is 3.70. The average molecular weight is 253 g/mol. The van der Waals surface area contributed by atoms with Gasteiger partial charge in [0.25, 0.3) is 0 Å². The van der Waals surface area contributed by atoms with E-state index in [2.05, 4.69) is 10.3 Å². The van der Waals surface area contributed by atoms with Crippen molar-refractivity contribution in [1.82, 2.24) is 10.3 Å². The van der Waals surface area contributed by atoms with E-state index >= 15 is 0 Å². The largest absolute Gasteiger partial charge is 0.299 e. The van der Waals surface area contributed by atoms with Crippen LogP contribution >= 0.6 is 0 Å². The first-order valence-corrected chi connectivity index (χ1v) is 7.30. The van der Waals surface area contributed by atoms with Crippen molar-refractivity contribution >= 4 is 5.91 Å². The molecule has 104 valence electrons. The Bertz CT molecular complexity index is 297. The number of nitrogens with zero attached hydrogens (tertiary/aromatic N) is 1. The summed E-state index contributed by atoms with van der Waals surface area (Å²) in [4.78, 5) is 14.3. The summed E-state index contributed by atoms with van der Waals surface area (Å²) < 4.78 is 0. The Hall–Kier alpha value is -0.610. The molecule has 0 bridgehead atoms. The molecular formula is C14H27N3O. The molecule has 2 fully saturated rings. The summed E-state index contributed by atoms with van der Waals surface area (Å²) in [6, 6.07) is 0.706. The Balaban J connectivity index is 1.97. The number of hydrogen-bond acceptors (Lipinski definition) is 3. The van der Waals surface area contributed by atoms with Crippen LogP contribution in [0.25, 0.3) is 0 Å². The predicted molar refractivity (Wildman–Crippen MR) is 72.7 cm³/mol. The van der Waals surface area contributed by atoms with E-state index < -0.39 is 5.41 Å². The van der Waals surface area contributed by atoms with Gasteiger partial charge in [0, 0.05) is 12.6 Å². The summed E-state index contributed by atoms with van der Waals surface area (Å²) in [5.74, 6) is 6.08. The Labute approximate surface area is 110 Å². The molecule has 0 radical (unpaired) electrons. The average Bonchev–Trinajstić information content (AvgIpc) is 2.97. The molecule has 0 aromatic heterocycles. The van der Waals surface area contributed by atoms with Crippen molar-refractivity contribution in [2.45, 2.75) is 58.4 Å². The van der Waals surface area contributed by atoms with Crippen molar-refractivity contribution in [3.63, 3.8) is 0 Å². The lowest BCUT2D eigenvalue weighted by Gasteiger charge is -2.35. The number of nitrogens with one attached hydrogen (secondary N) is 1. The lowest BCUT2D eigenvalue weighted by atomic mass is 9.89. The Morgan fingerprint density at radius 2 is 1.94 bits per heavy atom. The topological polar surface area (TPSA) is 58.4 Å². The number of likely N-dealkylation sites (tertiary alicyclic amines) is 1. The SMILES string of the molecule is CC(C)(CN1CCCC1C1CCCC1)C(=O)NN. The van der Waals surface area contributed by atoms with Gasteiger partial charge < -0.3 is 0 Å². The summed E-state index contributed by atoms with van der Waals surface area (Å²) in [6.07, 6.45) is 8.13. The minimum Gasteiger partial charge on any atom is -0.299 e. The number of rotatable bonds is 4. The van der Waals surface area contributed by atoms with Crippen molar-refractivity contribution in [3.8, 4) is 0 Å². The van der Waals surface area contributed by atoms with E-state index in [1.54, 1.807) is 0 Å². The molecule has 1 heterocycles. The molecule has 1 aliphatic carbocycles. The molecule has 1 amide bonds. The van der Waals surface area contributed by atoms with Gasteiger partial charge in [0.15, 0.2) is 0 Å². The first-order chi connectivity index (χ1) is 8.54. The standard InChI is InChI=1S/C14H27N3O/c1-14(2,13(18)16-15)10-17-9-5-8-12(17)11-6-3-4-7-11/h11-12H,3-10,15H2,1-2H3,(H,16,18). The Kier molecular flexibility index (Phi) is 4.28. The second-order valence-corrected chi connectivity index (χ2v) is 6.58. The van der Waals surface area contributed by atoms with Crippen LogP contribution in [0.2, 0.25) is 0 Å². The maximum Gasteiger partial charge on any atom is 0.240 e. The molecular weight excluding hydrogens is 226 g/mol. The monoisotopic (exact) mass is 253 g/mol. The van der Waals surface area contributed by atoms with Crippen LogP contribution in [-0.4, -0.2) is 29.9 Å². The van der Waals surface area contributed by atoms with Gasteiger partial charge in [-0.2, -0.15) is 0 Å². The first-order valence-electron chi connectivity index (χ1n) is 7.30. The second kappa shape index (κ2) is 5.57. The Morgan fingerprint density at radius 1 is 1.28 bits per heavy atom. The number of nitrogens with two attached hydrogens (primary N) is 1. The fraction of sp³-hybridized carbons (Fsp3) is 0.929. The van der Waals surface area contributed by atoms with Gasteiger partial charge in [-0.3, -0.25) is 15.1 Å². The summed E-state index contributed by atoms with van der Waals surface area (Å²) >= 11 is 0. The molecule has 0 aromatic rings. The normalized spacial score (nSPS) is 26.7. The zero-order valence-electron chi connectivity index (χ0n) is 11.7. The molecule has 2 rings (SSSR count). The summed E-state index contributed by atoms with van der Waals surface area (Å²) in [5.41, 5.74) is 1.91. The van der Waals surface area contributed by atoms with E-state index in [1.165, 1.54) is 38.5 Å². The minimum atomic E-state index is -0.393. The van der Waals surface area contributed by atoms with Crippen LogP contribution in [0.5, 0.6) is 0 Å². The van der Waals surface area contributed by atoms with Crippen molar-refractivity contribution < 1.29 is 4.79 Å². The van der Waals surface area contributed by atoms with Gasteiger partial charge in [-0.15, -0.1) is 0 Å². The molecule has 1 aliphatic heterocycles. The maximum atomic E-state index is 11.8. The van der Waals surface area contributed by atoms with Crippen molar-refractivity contribution in [1.29, 1.82) is 0 Å². The second-order valence-electron chi connectivity index (χ2n) is 6.58. The third kappa shape index (κ3) is 2.86. The van der Waals surface area contributed by atoms with E-state index in [4.69, 9.17) is 5.84 Å². The van der Waals surface area contributed by atoms with Crippen LogP contribution in [0.15, 0.2) is 0 Å². The van der Waals surface area contributed by atoms with Crippen LogP contribution in [0, 0.1) is 11.3 Å². The van der Waals surface area contributed by atoms with Crippen LogP contribution < -0.4 is 11.3 Å². The number of carbonyl (C=O) groups excluding carboxylic acids is 1. The van der Waals surface area contributed by atoms with Gasteiger partial charge in [0.05, 0.1) is 5.41 Å². The molecule has 18 heavy (non-hydrogen) atoms. The van der Waals surface area contributed by atoms with Crippen LogP contribution in [-0.2, 0) is 4.79 Å². The first kappa shape index (κ1) is 13.8. The van der Waals surface area contributed by atoms with Crippen LogP contribution in [0.4, 0.5) is 0 Å². The quantitative estimate of drug-likeness (QED) is 0.455. The van der Waals surface area contributed by atoms with Gasteiger partial charge >= 0.3 is 0 Å². The lowest BCUT2D eigenvalue weighted by Crippen LogP contribution is -2.49. The molecule has 0 aromatic carbocycles. The lowest BCUT2D eigenvalue weighted by molar-refractivity contribution is -0.130. The van der Waals surface area contributed by atoms with E-state index in [1.807, 2.05) is 13.8 Å². The molecule has 0 spiro atoms. The number of carbonyl (C=O) groups is 1. The van der Waals surface area contributed by atoms with Crippen molar-refractivity contribution in [2.24, 2.45) is 17.2 Å². The number of hydrogen-bond donors (Lipinski definition) is 2. The molecule has 4 heteroatoms. The molecule has 1 atom stereocenters. The van der Waals surface area contributed by atoms with E-state index in [-0.39, 0.29) is 5.91 Å². The van der Waals surface area contributed by atoms with Gasteiger partial charge in [-0.05, 0) is 52.0 Å². The van der Waals surface area contributed by atoms with E-state index in [0.717, 1.165) is 19.0 Å². The van der Waals surface area contributed by atoms with E-state index in [9.17, 15) is 4.79 Å². The summed E-state index contributed by atoms with van der Waals surface area (Å²) in [7, 11) is 0. The summed E-state index contributed by atoms with van der Waals surface area (Å²) in [6.45, 7) is 5.94. The zero-order chi connectivity index (χ0) is 13.2.